The van der Waals surface area contributed by atoms with Crippen molar-refractivity contribution in [3.8, 4) is 5.95 Å². The summed E-state index contributed by atoms with van der Waals surface area (Å²) in [6, 6.07) is 1.47. The van der Waals surface area contributed by atoms with Crippen LogP contribution in [-0.2, 0) is 58.6 Å². The van der Waals surface area contributed by atoms with Gasteiger partial charge in [-0.15, -0.1) is 0 Å². The van der Waals surface area contributed by atoms with Crippen molar-refractivity contribution in [2.24, 2.45) is 5.92 Å². The molecule has 99 valence electrons. The molecule has 2 aliphatic rings. The van der Waals surface area contributed by atoms with Crippen molar-refractivity contribution in [2.45, 2.75) is 31.7 Å². The van der Waals surface area contributed by atoms with Crippen LogP contribution in [0, 0.1) is 5.92 Å². The molecule has 1 radical (unpaired) electrons. The number of carbonyl (C=O) groups excluding carboxylic acids is 2. The Morgan fingerprint density at radius 2 is 2.00 bits per heavy atom. The van der Waals surface area contributed by atoms with Gasteiger partial charge in [0.2, 0.25) is 0 Å². The molecule has 7 heteroatoms. The number of hydrogen-bond acceptors (Lipinski definition) is 4. The number of ketones is 1. The van der Waals surface area contributed by atoms with Gasteiger partial charge in [-0.2, -0.15) is 0 Å². The van der Waals surface area contributed by atoms with Gasteiger partial charge in [0.1, 0.15) is 0 Å². The Morgan fingerprint density at radius 1 is 1.42 bits per heavy atom. The number of aromatic hydroxyl groups is 1. The molecule has 0 saturated carbocycles. The van der Waals surface area contributed by atoms with Crippen LogP contribution in [0.5, 0.6) is 5.95 Å². The molecule has 1 aliphatic carbocycles. The van der Waals surface area contributed by atoms with E-state index in [2.05, 4.69) is 5.32 Å². The maximum atomic E-state index is 12.3. The van der Waals surface area contributed by atoms with E-state index in [4.69, 9.17) is 4.42 Å². The van der Waals surface area contributed by atoms with E-state index in [9.17, 15) is 14.7 Å². The second-order valence-corrected chi connectivity index (χ2v) is 4.88. The van der Waals surface area contributed by atoms with Crippen molar-refractivity contribution in [1.82, 2.24) is 0 Å². The van der Waals surface area contributed by atoms with Gasteiger partial charge in [0.15, 0.2) is 11.5 Å². The maximum Gasteiger partial charge on any atom is 0.282 e. The third-order valence-corrected chi connectivity index (χ3v) is 4.09. The van der Waals surface area contributed by atoms with Crippen LogP contribution in [-0.4, -0.2) is 22.3 Å². The van der Waals surface area contributed by atoms with E-state index in [0.29, 0.717) is 5.56 Å². The first-order valence-corrected chi connectivity index (χ1v) is 5.59. The van der Waals surface area contributed by atoms with Crippen LogP contribution in [0.3, 0.4) is 0 Å². The van der Waals surface area contributed by atoms with Crippen molar-refractivity contribution in [3.63, 3.8) is 0 Å². The first-order valence-electron chi connectivity index (χ1n) is 5.59. The van der Waals surface area contributed by atoms with Gasteiger partial charge in [0, 0.05) is 65.4 Å². The number of Topliss-reactive ketones (excluding diaryl/α,β-unsaturated/α-hetero) is 1. The molecule has 0 bridgehead atoms. The molecule has 0 aromatic carbocycles. The molecule has 1 aliphatic heterocycles. The van der Waals surface area contributed by atoms with Crippen molar-refractivity contribution in [2.75, 3.05) is 0 Å². The number of nitrogens with zero attached hydrogens (tertiary/aromatic N) is 1. The minimum atomic E-state index is -0.951. The number of hydrogen-bond donors (Lipinski definition) is 1. The molecule has 3 unspecified atom stereocenters. The summed E-state index contributed by atoms with van der Waals surface area (Å²) >= 11 is 0. The molecule has 19 heavy (non-hydrogen) atoms. The van der Waals surface area contributed by atoms with E-state index in [0.717, 1.165) is 0 Å². The predicted octanol–water partition coefficient (Wildman–Crippen LogP) is 1.96. The van der Waals surface area contributed by atoms with E-state index in [1.54, 1.807) is 0 Å². The monoisotopic (exact) mass is 507 g/mol. The summed E-state index contributed by atoms with van der Waals surface area (Å²) in [5.74, 6) is -0.648. The van der Waals surface area contributed by atoms with Crippen LogP contribution < -0.4 is 0 Å². The summed E-state index contributed by atoms with van der Waals surface area (Å²) in [5.41, 5.74) is -0.242. The molecule has 2 heterocycles. The third-order valence-electron chi connectivity index (χ3n) is 4.09. The summed E-state index contributed by atoms with van der Waals surface area (Å²) in [4.78, 5) is 23.4. The molecule has 1 aromatic heterocycles. The molecule has 1 fully saturated rings. The van der Waals surface area contributed by atoms with E-state index in [1.165, 1.54) is 6.07 Å². The minimum Gasteiger partial charge on any atom is -0.641 e. The topological polar surface area (TPSA) is 81.6 Å². The van der Waals surface area contributed by atoms with Gasteiger partial charge in [-0.05, 0) is 23.8 Å². The number of β-lactam (4-membered cyclic amide) rings is 1. The van der Waals surface area contributed by atoms with Crippen molar-refractivity contribution < 1.29 is 72.9 Å². The normalized spacial score (nSPS) is 31.7. The average Bonchev–Trinajstić information content (AvgIpc) is 2.62. The van der Waals surface area contributed by atoms with Crippen LogP contribution in [0.4, 0.5) is 0 Å². The van der Waals surface area contributed by atoms with Crippen molar-refractivity contribution in [1.29, 1.82) is 0 Å². The van der Waals surface area contributed by atoms with Gasteiger partial charge in [-0.25, -0.2) is 0 Å². The molecular weight excluding hydrogens is 495 g/mol. The fraction of sp³-hybridized carbons (Fsp3) is 0.500. The van der Waals surface area contributed by atoms with Crippen molar-refractivity contribution in [3.05, 3.63) is 22.7 Å². The number of fused-ring (bicyclic) bond motifs is 1. The quantitative estimate of drug-likeness (QED) is 0.545. The van der Waals surface area contributed by atoms with Gasteiger partial charge in [-0.1, -0.05) is 13.8 Å². The SMILES string of the molecule is CC1c2cc(O)oc2C(=O)C2(CC(=O)[N-]2)C1C.[W].[Y]. The second kappa shape index (κ2) is 5.42. The molecule has 1 spiro atoms. The Morgan fingerprint density at radius 3 is 2.53 bits per heavy atom. The Kier molecular flexibility index (Phi) is 4.87. The van der Waals surface area contributed by atoms with Gasteiger partial charge in [0.25, 0.3) is 5.95 Å². The minimum absolute atomic E-state index is 0. The Balaban J connectivity index is 0.000000902. The number of rotatable bonds is 0. The van der Waals surface area contributed by atoms with E-state index < -0.39 is 5.54 Å². The van der Waals surface area contributed by atoms with E-state index >= 15 is 0 Å². The van der Waals surface area contributed by atoms with Crippen LogP contribution in [0.15, 0.2) is 10.5 Å². The van der Waals surface area contributed by atoms with Crippen LogP contribution in [0.1, 0.15) is 42.3 Å². The molecule has 3 atom stereocenters. The number of amides is 1. The first-order chi connectivity index (χ1) is 7.95. The fourth-order valence-corrected chi connectivity index (χ4v) is 2.83. The number of carbonyl (C=O) groups is 2. The van der Waals surface area contributed by atoms with Crippen LogP contribution in [0.2, 0.25) is 0 Å². The maximum absolute atomic E-state index is 12.3. The third kappa shape index (κ3) is 2.18. The van der Waals surface area contributed by atoms with E-state index in [1.807, 2.05) is 13.8 Å². The zero-order chi connectivity index (χ0) is 12.4. The largest absolute Gasteiger partial charge is 0.641 e. The Labute approximate surface area is 150 Å². The molecular formula is C12H12NO4WY-. The van der Waals surface area contributed by atoms with Gasteiger partial charge in [0.05, 0.1) is 5.91 Å². The fourth-order valence-electron chi connectivity index (χ4n) is 2.83. The zero-order valence-corrected chi connectivity index (χ0v) is 16.3. The van der Waals surface area contributed by atoms with Gasteiger partial charge < -0.3 is 19.6 Å². The van der Waals surface area contributed by atoms with Gasteiger partial charge >= 0.3 is 0 Å². The summed E-state index contributed by atoms with van der Waals surface area (Å²) < 4.78 is 5.04. The smallest absolute Gasteiger partial charge is 0.282 e. The molecule has 1 N–H and O–H groups in total. The first kappa shape index (κ1) is 17.1. The number of furan rings is 1. The van der Waals surface area contributed by atoms with Gasteiger partial charge in [-0.3, -0.25) is 4.79 Å². The summed E-state index contributed by atoms with van der Waals surface area (Å²) in [6.07, 6.45) is 0.151. The molecule has 1 amide bonds. The Bertz CT molecular complexity index is 534. The average molecular weight is 507 g/mol. The summed E-state index contributed by atoms with van der Waals surface area (Å²) in [6.45, 7) is 3.86. The Hall–Kier alpha value is 0.0122. The molecule has 1 saturated heterocycles. The van der Waals surface area contributed by atoms with Crippen LogP contribution in [0.25, 0.3) is 5.32 Å². The molecule has 1 aromatic rings. The summed E-state index contributed by atoms with van der Waals surface area (Å²) in [7, 11) is 0. The standard InChI is InChI=1S/C12H13NO4.W.Y/c1-5-6(2)12(4-8(14)13-12)11(16)10-7(5)3-9(15)17-10;;/h3,5-6H,4H2,1-2H3,(H2,13,14,15,16);;/p-1. The summed E-state index contributed by atoms with van der Waals surface area (Å²) in [5, 5.41) is 13.2. The zero-order valence-electron chi connectivity index (χ0n) is 10.5. The second-order valence-electron chi connectivity index (χ2n) is 4.88. The van der Waals surface area contributed by atoms with Crippen LogP contribution >= 0.6 is 0 Å². The molecule has 3 rings (SSSR count). The van der Waals surface area contributed by atoms with E-state index in [-0.39, 0.29) is 95.4 Å². The predicted molar refractivity (Wildman–Crippen MR) is 58.0 cm³/mol. The molecule has 5 nitrogen and oxygen atoms in total. The van der Waals surface area contributed by atoms with Crippen molar-refractivity contribution >= 4 is 11.7 Å².